The predicted molar refractivity (Wildman–Crippen MR) is 71.8 cm³/mol. The maximum atomic E-state index is 11.8. The standard InChI is InChI=1S/C12H18N2O4S/c1-12(2,3)14-19(17,18)13-10(11(15)16)9-7-5-4-6-8-9/h4-8,10,13-14H,1-3H3,(H,15,16)/t10-/m0/s1. The third kappa shape index (κ3) is 5.37. The Morgan fingerprint density at radius 2 is 1.74 bits per heavy atom. The van der Waals surface area contributed by atoms with Gasteiger partial charge in [0.2, 0.25) is 0 Å². The van der Waals surface area contributed by atoms with Crippen molar-refractivity contribution in [1.29, 1.82) is 0 Å². The van der Waals surface area contributed by atoms with E-state index in [0.29, 0.717) is 5.56 Å². The molecule has 19 heavy (non-hydrogen) atoms. The van der Waals surface area contributed by atoms with Crippen molar-refractivity contribution in [3.63, 3.8) is 0 Å². The summed E-state index contributed by atoms with van der Waals surface area (Å²) < 4.78 is 28.2. The molecule has 0 heterocycles. The minimum atomic E-state index is -3.91. The van der Waals surface area contributed by atoms with Gasteiger partial charge in [0.05, 0.1) is 0 Å². The van der Waals surface area contributed by atoms with E-state index in [0.717, 1.165) is 0 Å². The number of rotatable bonds is 5. The van der Waals surface area contributed by atoms with E-state index in [1.54, 1.807) is 51.1 Å². The third-order valence-corrected chi connectivity index (χ3v) is 3.52. The van der Waals surface area contributed by atoms with Gasteiger partial charge in [-0.15, -0.1) is 0 Å². The number of carbonyl (C=O) groups is 1. The summed E-state index contributed by atoms with van der Waals surface area (Å²) in [5.74, 6) is -1.26. The average molecular weight is 286 g/mol. The normalized spacial score (nSPS) is 14.1. The van der Waals surface area contributed by atoms with Crippen molar-refractivity contribution in [1.82, 2.24) is 9.44 Å². The summed E-state index contributed by atoms with van der Waals surface area (Å²) in [7, 11) is -3.91. The Labute approximate surface area is 113 Å². The van der Waals surface area contributed by atoms with Crippen molar-refractivity contribution in [2.45, 2.75) is 32.4 Å². The fourth-order valence-corrected chi connectivity index (χ4v) is 2.91. The first-order valence-electron chi connectivity index (χ1n) is 5.70. The van der Waals surface area contributed by atoms with Crippen molar-refractivity contribution in [2.75, 3.05) is 0 Å². The molecule has 0 aliphatic rings. The maximum Gasteiger partial charge on any atom is 0.326 e. The number of carboxylic acids is 1. The highest BCUT2D eigenvalue weighted by Gasteiger charge is 2.28. The highest BCUT2D eigenvalue weighted by atomic mass is 32.2. The fourth-order valence-electron chi connectivity index (χ4n) is 1.49. The molecule has 1 aromatic carbocycles. The Kier molecular flexibility index (Phi) is 4.67. The number of aliphatic carboxylic acids is 1. The summed E-state index contributed by atoms with van der Waals surface area (Å²) >= 11 is 0. The zero-order valence-electron chi connectivity index (χ0n) is 11.0. The minimum absolute atomic E-state index is 0.370. The van der Waals surface area contributed by atoms with Gasteiger partial charge < -0.3 is 5.11 Å². The second kappa shape index (κ2) is 5.68. The van der Waals surface area contributed by atoms with E-state index in [9.17, 15) is 13.2 Å². The zero-order chi connectivity index (χ0) is 14.7. The van der Waals surface area contributed by atoms with Crippen LogP contribution in [0.2, 0.25) is 0 Å². The van der Waals surface area contributed by atoms with Crippen molar-refractivity contribution >= 4 is 16.2 Å². The van der Waals surface area contributed by atoms with Gasteiger partial charge in [-0.25, -0.2) is 0 Å². The lowest BCUT2D eigenvalue weighted by molar-refractivity contribution is -0.139. The molecule has 3 N–H and O–H groups in total. The minimum Gasteiger partial charge on any atom is -0.480 e. The molecule has 0 aromatic heterocycles. The van der Waals surface area contributed by atoms with Crippen LogP contribution in [0.5, 0.6) is 0 Å². The number of benzene rings is 1. The molecule has 0 fully saturated rings. The van der Waals surface area contributed by atoms with Crippen molar-refractivity contribution in [2.24, 2.45) is 0 Å². The van der Waals surface area contributed by atoms with E-state index in [1.165, 1.54) is 0 Å². The molecular weight excluding hydrogens is 268 g/mol. The molecule has 1 aromatic rings. The van der Waals surface area contributed by atoms with Crippen molar-refractivity contribution in [3.8, 4) is 0 Å². The molecule has 0 radical (unpaired) electrons. The van der Waals surface area contributed by atoms with Gasteiger partial charge in [-0.05, 0) is 26.3 Å². The molecule has 0 saturated heterocycles. The molecule has 1 atom stereocenters. The van der Waals surface area contributed by atoms with Crippen LogP contribution in [0.3, 0.4) is 0 Å². The van der Waals surface area contributed by atoms with Crippen LogP contribution in [-0.2, 0) is 15.0 Å². The largest absolute Gasteiger partial charge is 0.480 e. The van der Waals surface area contributed by atoms with E-state index in [4.69, 9.17) is 5.11 Å². The second-order valence-corrected chi connectivity index (χ2v) is 6.60. The first kappa shape index (κ1) is 15.6. The van der Waals surface area contributed by atoms with E-state index < -0.39 is 27.8 Å². The molecule has 0 bridgehead atoms. The van der Waals surface area contributed by atoms with E-state index >= 15 is 0 Å². The molecule has 0 aliphatic heterocycles. The summed E-state index contributed by atoms with van der Waals surface area (Å²) in [6.45, 7) is 5.01. The molecule has 0 aliphatic carbocycles. The summed E-state index contributed by atoms with van der Waals surface area (Å²) in [5, 5.41) is 9.13. The van der Waals surface area contributed by atoms with Crippen molar-refractivity contribution in [3.05, 3.63) is 35.9 Å². The van der Waals surface area contributed by atoms with Crippen molar-refractivity contribution < 1.29 is 18.3 Å². The van der Waals surface area contributed by atoms with Crippen LogP contribution >= 0.6 is 0 Å². The predicted octanol–water partition coefficient (Wildman–Crippen LogP) is 1.03. The summed E-state index contributed by atoms with van der Waals surface area (Å²) in [6.07, 6.45) is 0. The van der Waals surface area contributed by atoms with Crippen LogP contribution in [-0.4, -0.2) is 25.0 Å². The number of hydrogen-bond donors (Lipinski definition) is 3. The van der Waals surface area contributed by atoms with Gasteiger partial charge in [0, 0.05) is 5.54 Å². The lowest BCUT2D eigenvalue weighted by Crippen LogP contribution is -2.49. The SMILES string of the molecule is CC(C)(C)NS(=O)(=O)N[C@H](C(=O)O)c1ccccc1. The van der Waals surface area contributed by atoms with E-state index in [2.05, 4.69) is 9.44 Å². The Bertz CT molecular complexity index is 535. The lowest BCUT2D eigenvalue weighted by Gasteiger charge is -2.22. The zero-order valence-corrected chi connectivity index (χ0v) is 11.9. The van der Waals surface area contributed by atoms with Crippen LogP contribution in [0.1, 0.15) is 32.4 Å². The first-order chi connectivity index (χ1) is 8.61. The van der Waals surface area contributed by atoms with Gasteiger partial charge in [-0.2, -0.15) is 17.9 Å². The number of carboxylic acid groups (broad SMARTS) is 1. The van der Waals surface area contributed by atoms with Gasteiger partial charge in [0.1, 0.15) is 6.04 Å². The van der Waals surface area contributed by atoms with Gasteiger partial charge in [-0.1, -0.05) is 30.3 Å². The topological polar surface area (TPSA) is 95.5 Å². The summed E-state index contributed by atoms with van der Waals surface area (Å²) in [4.78, 5) is 11.2. The van der Waals surface area contributed by atoms with E-state index in [-0.39, 0.29) is 0 Å². The third-order valence-electron chi connectivity index (χ3n) is 2.09. The number of nitrogens with one attached hydrogen (secondary N) is 2. The molecule has 1 rings (SSSR count). The lowest BCUT2D eigenvalue weighted by atomic mass is 10.1. The molecule has 0 saturated carbocycles. The van der Waals surface area contributed by atoms with E-state index in [1.807, 2.05) is 0 Å². The Balaban J connectivity index is 2.96. The molecule has 0 spiro atoms. The highest BCUT2D eigenvalue weighted by Crippen LogP contribution is 2.14. The van der Waals surface area contributed by atoms with Crippen LogP contribution in [0.25, 0.3) is 0 Å². The van der Waals surface area contributed by atoms with Crippen LogP contribution in [0.15, 0.2) is 30.3 Å². The van der Waals surface area contributed by atoms with Gasteiger partial charge >= 0.3 is 5.97 Å². The fraction of sp³-hybridized carbons (Fsp3) is 0.417. The number of hydrogen-bond acceptors (Lipinski definition) is 3. The van der Waals surface area contributed by atoms with Crippen LogP contribution in [0.4, 0.5) is 0 Å². The molecule has 6 nitrogen and oxygen atoms in total. The Hall–Kier alpha value is -1.44. The monoisotopic (exact) mass is 286 g/mol. The average Bonchev–Trinajstić information content (AvgIpc) is 2.23. The van der Waals surface area contributed by atoms with Gasteiger partial charge in [-0.3, -0.25) is 4.79 Å². The second-order valence-electron chi connectivity index (χ2n) is 5.16. The smallest absolute Gasteiger partial charge is 0.326 e. The van der Waals surface area contributed by atoms with Gasteiger partial charge in [0.15, 0.2) is 0 Å². The van der Waals surface area contributed by atoms with Gasteiger partial charge in [0.25, 0.3) is 10.2 Å². The quantitative estimate of drug-likeness (QED) is 0.753. The maximum absolute atomic E-state index is 11.8. The summed E-state index contributed by atoms with van der Waals surface area (Å²) in [5.41, 5.74) is -0.319. The van der Waals surface area contributed by atoms with Crippen LogP contribution in [0, 0.1) is 0 Å². The van der Waals surface area contributed by atoms with Crippen LogP contribution < -0.4 is 9.44 Å². The highest BCUT2D eigenvalue weighted by molar-refractivity contribution is 7.87. The summed E-state index contributed by atoms with van der Waals surface area (Å²) in [6, 6.07) is 6.82. The molecular formula is C12H18N2O4S. The first-order valence-corrected chi connectivity index (χ1v) is 7.18. The Morgan fingerprint density at radius 3 is 2.16 bits per heavy atom. The molecule has 106 valence electrons. The molecule has 0 amide bonds. The Morgan fingerprint density at radius 1 is 1.21 bits per heavy atom. The molecule has 7 heteroatoms. The molecule has 0 unspecified atom stereocenters.